The number of amides is 1. The molecule has 1 saturated carbocycles. The van der Waals surface area contributed by atoms with Gasteiger partial charge in [-0.1, -0.05) is 19.0 Å². The quantitative estimate of drug-likeness (QED) is 0.590. The first-order valence-electron chi connectivity index (χ1n) is 11.1. The first kappa shape index (κ1) is 23.2. The minimum atomic E-state index is -0.767. The van der Waals surface area contributed by atoms with Crippen LogP contribution in [-0.2, 0) is 19.7 Å². The molecule has 0 aromatic carbocycles. The smallest absolute Gasteiger partial charge is 0.246 e. The Hall–Kier alpha value is -1.48. The van der Waals surface area contributed by atoms with Gasteiger partial charge >= 0.3 is 0 Å². The van der Waals surface area contributed by atoms with Crippen molar-refractivity contribution in [2.45, 2.75) is 102 Å². The fourth-order valence-corrected chi connectivity index (χ4v) is 3.94. The van der Waals surface area contributed by atoms with Crippen LogP contribution in [0.4, 0.5) is 5.88 Å². The van der Waals surface area contributed by atoms with Crippen LogP contribution in [0.2, 0.25) is 0 Å². The molecule has 170 valence electrons. The SMILES string of the molecule is CC(C)(NC1CCC(O)CC1)C(=O)Nc1cc(C(C)(C)COC2CCCCO2)no1. The van der Waals surface area contributed by atoms with E-state index in [9.17, 15) is 9.90 Å². The average Bonchev–Trinajstić information content (AvgIpc) is 3.18. The van der Waals surface area contributed by atoms with E-state index < -0.39 is 5.54 Å². The molecule has 1 amide bonds. The second kappa shape index (κ2) is 9.77. The van der Waals surface area contributed by atoms with Gasteiger partial charge in [-0.25, -0.2) is 0 Å². The van der Waals surface area contributed by atoms with Gasteiger partial charge in [0, 0.05) is 24.1 Å². The minimum Gasteiger partial charge on any atom is -0.393 e. The summed E-state index contributed by atoms with van der Waals surface area (Å²) in [6.45, 7) is 8.97. The summed E-state index contributed by atoms with van der Waals surface area (Å²) in [7, 11) is 0. The van der Waals surface area contributed by atoms with Gasteiger partial charge in [0.1, 0.15) is 0 Å². The van der Waals surface area contributed by atoms with Gasteiger partial charge in [-0.2, -0.15) is 0 Å². The zero-order valence-electron chi connectivity index (χ0n) is 18.7. The first-order chi connectivity index (χ1) is 14.2. The maximum atomic E-state index is 12.8. The molecule has 8 heteroatoms. The van der Waals surface area contributed by atoms with Crippen molar-refractivity contribution in [2.24, 2.45) is 0 Å². The van der Waals surface area contributed by atoms with Gasteiger partial charge in [0.05, 0.1) is 23.9 Å². The summed E-state index contributed by atoms with van der Waals surface area (Å²) in [6.07, 6.45) is 6.01. The van der Waals surface area contributed by atoms with Crippen LogP contribution in [-0.4, -0.2) is 53.4 Å². The molecule has 1 saturated heterocycles. The molecule has 1 aromatic heterocycles. The number of ether oxygens (including phenoxy) is 2. The number of aromatic nitrogens is 1. The molecule has 2 fully saturated rings. The number of hydrogen-bond donors (Lipinski definition) is 3. The summed E-state index contributed by atoms with van der Waals surface area (Å²) < 4.78 is 16.9. The third-order valence-corrected chi connectivity index (χ3v) is 6.04. The molecule has 1 aliphatic carbocycles. The summed E-state index contributed by atoms with van der Waals surface area (Å²) in [5.41, 5.74) is -0.415. The maximum absolute atomic E-state index is 12.8. The number of rotatable bonds is 8. The maximum Gasteiger partial charge on any atom is 0.246 e. The van der Waals surface area contributed by atoms with Crippen LogP contribution in [0.15, 0.2) is 10.6 Å². The highest BCUT2D eigenvalue weighted by Crippen LogP contribution is 2.27. The van der Waals surface area contributed by atoms with Crippen LogP contribution in [0.5, 0.6) is 0 Å². The molecule has 30 heavy (non-hydrogen) atoms. The summed E-state index contributed by atoms with van der Waals surface area (Å²) in [4.78, 5) is 12.8. The van der Waals surface area contributed by atoms with Gasteiger partial charge in [-0.3, -0.25) is 10.1 Å². The van der Waals surface area contributed by atoms with E-state index >= 15 is 0 Å². The highest BCUT2D eigenvalue weighted by atomic mass is 16.7. The number of aliphatic hydroxyl groups is 1. The molecule has 2 aliphatic rings. The van der Waals surface area contributed by atoms with E-state index in [1.807, 2.05) is 27.7 Å². The third kappa shape index (κ3) is 6.26. The number of nitrogens with zero attached hydrogens (tertiary/aromatic N) is 1. The normalized spacial score (nSPS) is 25.8. The number of anilines is 1. The zero-order chi connectivity index (χ0) is 21.8. The summed E-state index contributed by atoms with van der Waals surface area (Å²) in [5, 5.41) is 20.1. The fraction of sp³-hybridized carbons (Fsp3) is 0.818. The number of carbonyl (C=O) groups is 1. The summed E-state index contributed by atoms with van der Waals surface area (Å²) >= 11 is 0. The Balaban J connectivity index is 1.52. The molecule has 3 rings (SSSR count). The number of aliphatic hydroxyl groups excluding tert-OH is 1. The van der Waals surface area contributed by atoms with E-state index in [0.29, 0.717) is 12.5 Å². The lowest BCUT2D eigenvalue weighted by Gasteiger charge is -2.33. The van der Waals surface area contributed by atoms with E-state index in [1.165, 1.54) is 0 Å². The molecule has 0 bridgehead atoms. The molecule has 1 aromatic rings. The van der Waals surface area contributed by atoms with Crippen molar-refractivity contribution >= 4 is 11.8 Å². The zero-order valence-corrected chi connectivity index (χ0v) is 18.7. The molecule has 1 atom stereocenters. The van der Waals surface area contributed by atoms with Crippen molar-refractivity contribution < 1.29 is 23.9 Å². The van der Waals surface area contributed by atoms with Crippen LogP contribution in [0.3, 0.4) is 0 Å². The molecule has 1 aliphatic heterocycles. The Kier molecular flexibility index (Phi) is 7.55. The molecule has 8 nitrogen and oxygen atoms in total. The van der Waals surface area contributed by atoms with Crippen molar-refractivity contribution in [1.29, 1.82) is 0 Å². The Morgan fingerprint density at radius 2 is 1.93 bits per heavy atom. The van der Waals surface area contributed by atoms with Crippen LogP contribution < -0.4 is 10.6 Å². The molecule has 0 spiro atoms. The van der Waals surface area contributed by atoms with E-state index in [2.05, 4.69) is 15.8 Å². The van der Waals surface area contributed by atoms with Crippen molar-refractivity contribution in [3.05, 3.63) is 11.8 Å². The molecule has 0 radical (unpaired) electrons. The average molecular weight is 424 g/mol. The Labute approximate surface area is 179 Å². The Morgan fingerprint density at radius 1 is 1.20 bits per heavy atom. The molecule has 3 N–H and O–H groups in total. The number of carbonyl (C=O) groups excluding carboxylic acids is 1. The van der Waals surface area contributed by atoms with Gasteiger partial charge in [-0.15, -0.1) is 0 Å². The molecular weight excluding hydrogens is 386 g/mol. The minimum absolute atomic E-state index is 0.156. The predicted molar refractivity (Wildman–Crippen MR) is 113 cm³/mol. The van der Waals surface area contributed by atoms with Crippen LogP contribution in [0.1, 0.15) is 78.3 Å². The monoisotopic (exact) mass is 423 g/mol. The first-order valence-corrected chi connectivity index (χ1v) is 11.1. The molecule has 1 unspecified atom stereocenters. The standard InChI is InChI=1S/C22H37N3O5/c1-21(2,14-29-19-7-5-6-12-28-19)17-13-18(30-25-17)23-20(27)22(3,4)24-15-8-10-16(26)11-9-15/h13,15-16,19,24,26H,5-12,14H2,1-4H3,(H,23,27). The second-order valence-corrected chi connectivity index (χ2v) is 9.80. The molecular formula is C22H37N3O5. The van der Waals surface area contributed by atoms with Gasteiger partial charge in [0.15, 0.2) is 6.29 Å². The lowest BCUT2D eigenvalue weighted by molar-refractivity contribution is -0.170. The molecule has 2 heterocycles. The number of hydrogen-bond acceptors (Lipinski definition) is 7. The van der Waals surface area contributed by atoms with E-state index in [1.54, 1.807) is 6.07 Å². The van der Waals surface area contributed by atoms with Gasteiger partial charge in [0.2, 0.25) is 11.8 Å². The lowest BCUT2D eigenvalue weighted by Crippen LogP contribution is -2.54. The second-order valence-electron chi connectivity index (χ2n) is 9.80. The summed E-state index contributed by atoms with van der Waals surface area (Å²) in [6, 6.07) is 1.98. The number of nitrogens with one attached hydrogen (secondary N) is 2. The van der Waals surface area contributed by atoms with Crippen molar-refractivity contribution in [3.63, 3.8) is 0 Å². The fourth-order valence-electron chi connectivity index (χ4n) is 3.94. The topological polar surface area (TPSA) is 106 Å². The Morgan fingerprint density at radius 3 is 2.60 bits per heavy atom. The van der Waals surface area contributed by atoms with Crippen molar-refractivity contribution in [1.82, 2.24) is 10.5 Å². The highest BCUT2D eigenvalue weighted by molar-refractivity contribution is 5.96. The van der Waals surface area contributed by atoms with Crippen LogP contribution in [0.25, 0.3) is 0 Å². The van der Waals surface area contributed by atoms with Gasteiger partial charge in [-0.05, 0) is 58.8 Å². The van der Waals surface area contributed by atoms with Crippen molar-refractivity contribution in [3.8, 4) is 0 Å². The van der Waals surface area contributed by atoms with Gasteiger partial charge in [0.25, 0.3) is 0 Å². The Bertz CT molecular complexity index is 689. The predicted octanol–water partition coefficient (Wildman–Crippen LogP) is 3.11. The van der Waals surface area contributed by atoms with Crippen molar-refractivity contribution in [2.75, 3.05) is 18.5 Å². The largest absolute Gasteiger partial charge is 0.393 e. The van der Waals surface area contributed by atoms with Gasteiger partial charge < -0.3 is 24.4 Å². The van der Waals surface area contributed by atoms with E-state index in [0.717, 1.165) is 57.2 Å². The summed E-state index contributed by atoms with van der Waals surface area (Å²) in [5.74, 6) is 0.145. The van der Waals surface area contributed by atoms with Crippen LogP contribution in [0, 0.1) is 0 Å². The third-order valence-electron chi connectivity index (χ3n) is 6.04. The van der Waals surface area contributed by atoms with E-state index in [-0.39, 0.29) is 29.8 Å². The van der Waals surface area contributed by atoms with E-state index in [4.69, 9.17) is 14.0 Å². The highest BCUT2D eigenvalue weighted by Gasteiger charge is 2.33. The lowest BCUT2D eigenvalue weighted by atomic mass is 9.90. The van der Waals surface area contributed by atoms with Crippen LogP contribution >= 0.6 is 0 Å².